The Morgan fingerprint density at radius 1 is 1.33 bits per heavy atom. The van der Waals surface area contributed by atoms with E-state index in [0.29, 0.717) is 42.3 Å². The normalized spacial score (nSPS) is 16.7. The standard InChI is InChI=1S/C20H29N5O4S/c1-6-28-8-7-11-10-22-25-14(11)17(27)23-18-13(16(26)24-21)12-9-19(2,3)29-20(4,5)15(12)30-18/h10H,6-9,21H2,1-5H3,(H,22,25)(H,23,27)(H,24,26). The van der Waals surface area contributed by atoms with Crippen molar-refractivity contribution in [3.05, 3.63) is 33.5 Å². The molecule has 0 atom stereocenters. The fraction of sp³-hybridized carbons (Fsp3) is 0.550. The van der Waals surface area contributed by atoms with Crippen LogP contribution in [0.3, 0.4) is 0 Å². The van der Waals surface area contributed by atoms with Gasteiger partial charge in [0.15, 0.2) is 0 Å². The maximum absolute atomic E-state index is 13.0. The number of amides is 2. The SMILES string of the molecule is CCOCCc1cn[nH]c1C(=O)Nc1sc2c(c1C(=O)NN)CC(C)(C)OC2(C)C. The number of fused-ring (bicyclic) bond motifs is 1. The molecule has 0 saturated carbocycles. The Balaban J connectivity index is 1.96. The van der Waals surface area contributed by atoms with Gasteiger partial charge >= 0.3 is 0 Å². The van der Waals surface area contributed by atoms with Crippen LogP contribution < -0.4 is 16.6 Å². The minimum atomic E-state index is -0.606. The van der Waals surface area contributed by atoms with Crippen LogP contribution in [0.4, 0.5) is 5.00 Å². The largest absolute Gasteiger partial charge is 0.381 e. The van der Waals surface area contributed by atoms with Crippen LogP contribution in [-0.4, -0.2) is 40.8 Å². The van der Waals surface area contributed by atoms with Gasteiger partial charge in [0, 0.05) is 23.5 Å². The second kappa shape index (κ2) is 8.46. The smallest absolute Gasteiger partial charge is 0.274 e. The summed E-state index contributed by atoms with van der Waals surface area (Å²) in [6.45, 7) is 10.9. The van der Waals surface area contributed by atoms with Crippen molar-refractivity contribution in [3.63, 3.8) is 0 Å². The van der Waals surface area contributed by atoms with Crippen molar-refractivity contribution in [2.45, 2.75) is 58.7 Å². The predicted molar refractivity (Wildman–Crippen MR) is 115 cm³/mol. The molecule has 10 heteroatoms. The maximum atomic E-state index is 13.0. The molecular weight excluding hydrogens is 406 g/mol. The number of thiophene rings is 1. The molecule has 5 N–H and O–H groups in total. The zero-order chi connectivity index (χ0) is 22.1. The zero-order valence-electron chi connectivity index (χ0n) is 18.0. The van der Waals surface area contributed by atoms with E-state index in [1.807, 2.05) is 34.6 Å². The molecule has 3 heterocycles. The monoisotopic (exact) mass is 435 g/mol. The third-order valence-corrected chi connectivity index (χ3v) is 6.39. The van der Waals surface area contributed by atoms with Crippen LogP contribution in [0.5, 0.6) is 0 Å². The second-order valence-corrected chi connectivity index (χ2v) is 9.33. The molecule has 0 unspecified atom stereocenters. The van der Waals surface area contributed by atoms with Gasteiger partial charge < -0.3 is 14.8 Å². The number of hydrogen-bond donors (Lipinski definition) is 4. The van der Waals surface area contributed by atoms with Gasteiger partial charge in [-0.05, 0) is 46.6 Å². The van der Waals surface area contributed by atoms with E-state index in [1.165, 1.54) is 11.3 Å². The second-order valence-electron chi connectivity index (χ2n) is 8.31. The lowest BCUT2D eigenvalue weighted by Crippen LogP contribution is -2.42. The van der Waals surface area contributed by atoms with Gasteiger partial charge in [0.1, 0.15) is 10.7 Å². The van der Waals surface area contributed by atoms with Gasteiger partial charge in [0.05, 0.1) is 29.6 Å². The number of carbonyl (C=O) groups excluding carboxylic acids is 2. The number of hydrazine groups is 1. The van der Waals surface area contributed by atoms with Gasteiger partial charge in [-0.25, -0.2) is 5.84 Å². The number of nitrogens with two attached hydrogens (primary N) is 1. The summed E-state index contributed by atoms with van der Waals surface area (Å²) < 4.78 is 11.6. The number of nitrogens with one attached hydrogen (secondary N) is 3. The average molecular weight is 436 g/mol. The highest BCUT2D eigenvalue weighted by molar-refractivity contribution is 7.17. The van der Waals surface area contributed by atoms with E-state index in [1.54, 1.807) is 6.20 Å². The van der Waals surface area contributed by atoms with Gasteiger partial charge in [-0.2, -0.15) is 5.10 Å². The molecule has 2 amide bonds. The van der Waals surface area contributed by atoms with E-state index < -0.39 is 17.1 Å². The third kappa shape index (κ3) is 4.41. The fourth-order valence-electron chi connectivity index (χ4n) is 3.91. The highest BCUT2D eigenvalue weighted by Crippen LogP contribution is 2.48. The summed E-state index contributed by atoms with van der Waals surface area (Å²) in [6.07, 6.45) is 2.70. The van der Waals surface area contributed by atoms with E-state index in [9.17, 15) is 9.59 Å². The van der Waals surface area contributed by atoms with Crippen LogP contribution in [0.1, 0.15) is 71.5 Å². The Hall–Kier alpha value is -2.27. The predicted octanol–water partition coefficient (Wildman–Crippen LogP) is 2.49. The number of anilines is 1. The van der Waals surface area contributed by atoms with E-state index in [4.69, 9.17) is 15.3 Å². The van der Waals surface area contributed by atoms with Crippen molar-refractivity contribution >= 4 is 28.2 Å². The highest BCUT2D eigenvalue weighted by Gasteiger charge is 2.43. The topological polar surface area (TPSA) is 131 Å². The van der Waals surface area contributed by atoms with E-state index in [0.717, 1.165) is 16.0 Å². The van der Waals surface area contributed by atoms with Crippen molar-refractivity contribution in [2.75, 3.05) is 18.5 Å². The summed E-state index contributed by atoms with van der Waals surface area (Å²) in [6, 6.07) is 0. The Kier molecular flexibility index (Phi) is 6.32. The highest BCUT2D eigenvalue weighted by atomic mass is 32.1. The number of aromatic nitrogens is 2. The number of rotatable bonds is 7. The first-order chi connectivity index (χ1) is 14.1. The van der Waals surface area contributed by atoms with Crippen molar-refractivity contribution in [1.82, 2.24) is 15.6 Å². The van der Waals surface area contributed by atoms with Crippen LogP contribution in [-0.2, 0) is 27.9 Å². The summed E-state index contributed by atoms with van der Waals surface area (Å²) in [5.41, 5.74) is 3.46. The van der Waals surface area contributed by atoms with Crippen molar-refractivity contribution in [2.24, 2.45) is 5.84 Å². The molecule has 0 aromatic carbocycles. The summed E-state index contributed by atoms with van der Waals surface area (Å²) in [7, 11) is 0. The molecule has 164 valence electrons. The first kappa shape index (κ1) is 22.4. The van der Waals surface area contributed by atoms with Crippen LogP contribution in [0.25, 0.3) is 0 Å². The first-order valence-corrected chi connectivity index (χ1v) is 10.7. The van der Waals surface area contributed by atoms with E-state index >= 15 is 0 Å². The van der Waals surface area contributed by atoms with Crippen LogP contribution in [0.2, 0.25) is 0 Å². The lowest BCUT2D eigenvalue weighted by atomic mass is 9.86. The number of aromatic amines is 1. The summed E-state index contributed by atoms with van der Waals surface area (Å²) in [5, 5.41) is 10.0. The molecular formula is C20H29N5O4S. The third-order valence-electron chi connectivity index (χ3n) is 4.94. The zero-order valence-corrected chi connectivity index (χ0v) is 18.8. The Labute approximate surface area is 179 Å². The molecule has 0 bridgehead atoms. The minimum absolute atomic E-state index is 0.344. The number of carbonyl (C=O) groups is 2. The molecule has 3 rings (SSSR count). The van der Waals surface area contributed by atoms with E-state index in [-0.39, 0.29) is 5.91 Å². The fourth-order valence-corrected chi connectivity index (χ4v) is 5.16. The maximum Gasteiger partial charge on any atom is 0.274 e. The quantitative estimate of drug-likeness (QED) is 0.229. The Morgan fingerprint density at radius 2 is 2.07 bits per heavy atom. The van der Waals surface area contributed by atoms with E-state index in [2.05, 4.69) is 20.9 Å². The molecule has 1 aliphatic rings. The van der Waals surface area contributed by atoms with Gasteiger partial charge in [0.25, 0.3) is 11.8 Å². The number of hydrogen-bond acceptors (Lipinski definition) is 7. The summed E-state index contributed by atoms with van der Waals surface area (Å²) >= 11 is 1.33. The molecule has 1 aliphatic heterocycles. The van der Waals surface area contributed by atoms with Crippen LogP contribution >= 0.6 is 11.3 Å². The van der Waals surface area contributed by atoms with Crippen molar-refractivity contribution < 1.29 is 19.1 Å². The number of nitrogen functional groups attached to an aromatic ring is 1. The molecule has 0 fully saturated rings. The molecule has 2 aromatic heterocycles. The molecule has 30 heavy (non-hydrogen) atoms. The van der Waals surface area contributed by atoms with Gasteiger partial charge in [-0.1, -0.05) is 0 Å². The number of H-pyrrole nitrogens is 1. The number of nitrogens with zero attached hydrogens (tertiary/aromatic N) is 1. The molecule has 0 aliphatic carbocycles. The van der Waals surface area contributed by atoms with Crippen molar-refractivity contribution in [3.8, 4) is 0 Å². The number of ether oxygens (including phenoxy) is 2. The van der Waals surface area contributed by atoms with Gasteiger partial charge in [0.2, 0.25) is 0 Å². The average Bonchev–Trinajstić information content (AvgIpc) is 3.25. The summed E-state index contributed by atoms with van der Waals surface area (Å²) in [4.78, 5) is 26.5. The van der Waals surface area contributed by atoms with Gasteiger partial charge in [-0.3, -0.25) is 20.1 Å². The minimum Gasteiger partial charge on any atom is -0.381 e. The molecule has 0 radical (unpaired) electrons. The van der Waals surface area contributed by atoms with Gasteiger partial charge in [-0.15, -0.1) is 11.3 Å². The van der Waals surface area contributed by atoms with Crippen LogP contribution in [0, 0.1) is 0 Å². The molecule has 0 saturated heterocycles. The molecule has 0 spiro atoms. The van der Waals surface area contributed by atoms with Crippen molar-refractivity contribution in [1.29, 1.82) is 0 Å². The summed E-state index contributed by atoms with van der Waals surface area (Å²) in [5.74, 6) is 4.63. The molecule has 9 nitrogen and oxygen atoms in total. The lowest BCUT2D eigenvalue weighted by Gasteiger charge is -2.41. The lowest BCUT2D eigenvalue weighted by molar-refractivity contribution is -0.135. The van der Waals surface area contributed by atoms with Crippen LogP contribution in [0.15, 0.2) is 6.20 Å². The first-order valence-electron chi connectivity index (χ1n) is 9.88. The molecule has 2 aromatic rings. The Bertz CT molecular complexity index is 947. The Morgan fingerprint density at radius 3 is 2.73 bits per heavy atom.